The highest BCUT2D eigenvalue weighted by Gasteiger charge is 2.19. The van der Waals surface area contributed by atoms with Crippen molar-refractivity contribution in [3.05, 3.63) is 23.4 Å². The summed E-state index contributed by atoms with van der Waals surface area (Å²) in [6.45, 7) is 6.32. The van der Waals surface area contributed by atoms with Crippen molar-refractivity contribution in [2.45, 2.75) is 6.17 Å². The average Bonchev–Trinajstić information content (AvgIpc) is 2.49. The Labute approximate surface area is 141 Å². The van der Waals surface area contributed by atoms with Crippen LogP contribution in [0.25, 0.3) is 10.8 Å². The number of nitrogens with one attached hydrogen (secondary N) is 2. The zero-order valence-electron chi connectivity index (χ0n) is 13.5. The lowest BCUT2D eigenvalue weighted by atomic mass is 10.2. The molecule has 0 aliphatic carbocycles. The molecule has 1 aromatic carbocycles. The van der Waals surface area contributed by atoms with Crippen molar-refractivity contribution in [2.75, 3.05) is 45.3 Å². The van der Waals surface area contributed by atoms with Gasteiger partial charge in [0.2, 0.25) is 0 Å². The second-order valence-corrected chi connectivity index (χ2v) is 9.91. The van der Waals surface area contributed by atoms with Gasteiger partial charge in [0.25, 0.3) is 0 Å². The van der Waals surface area contributed by atoms with Crippen LogP contribution in [0.4, 0.5) is 5.82 Å². The van der Waals surface area contributed by atoms with E-state index in [1.165, 1.54) is 0 Å². The minimum atomic E-state index is -2.35. The van der Waals surface area contributed by atoms with Gasteiger partial charge in [-0.15, -0.1) is 10.2 Å². The molecule has 0 spiro atoms. The third-order valence-electron chi connectivity index (χ3n) is 4.03. The van der Waals surface area contributed by atoms with Crippen LogP contribution < -0.4 is 15.9 Å². The van der Waals surface area contributed by atoms with Crippen molar-refractivity contribution < 1.29 is 4.57 Å². The number of likely N-dealkylation sites (N-methyl/N-ethyl adjacent to an activating group) is 1. The predicted molar refractivity (Wildman–Crippen MR) is 96.5 cm³/mol. The lowest BCUT2D eigenvalue weighted by molar-refractivity contribution is 0.252. The molecule has 0 unspecified atom stereocenters. The summed E-state index contributed by atoms with van der Waals surface area (Å²) in [6.07, 6.45) is 0.0890. The van der Waals surface area contributed by atoms with E-state index in [0.717, 1.165) is 35.7 Å². The summed E-state index contributed by atoms with van der Waals surface area (Å²) in [5.41, 5.74) is 0. The standard InChI is InChI=1S/C15H21ClN5OP/c1-21-7-6-17-13(9-21)18-15-12-8-10(23(2,3)22)4-5-11(12)14(16)19-20-15/h4-5,8,13,17H,6-7,9H2,1-3H3,(H,18,20)/t13-/m1/s1. The van der Waals surface area contributed by atoms with Crippen LogP contribution in [0.15, 0.2) is 18.2 Å². The fraction of sp³-hybridized carbons (Fsp3) is 0.467. The van der Waals surface area contributed by atoms with Crippen LogP contribution in [0.5, 0.6) is 0 Å². The molecule has 6 nitrogen and oxygen atoms in total. The molecule has 124 valence electrons. The number of hydrogen-bond acceptors (Lipinski definition) is 6. The van der Waals surface area contributed by atoms with Gasteiger partial charge < -0.3 is 14.8 Å². The maximum absolute atomic E-state index is 12.4. The van der Waals surface area contributed by atoms with Gasteiger partial charge in [-0.25, -0.2) is 0 Å². The van der Waals surface area contributed by atoms with Crippen molar-refractivity contribution in [1.82, 2.24) is 20.4 Å². The van der Waals surface area contributed by atoms with Crippen molar-refractivity contribution in [2.24, 2.45) is 0 Å². The zero-order chi connectivity index (χ0) is 16.6. The number of fused-ring (bicyclic) bond motifs is 1. The Hall–Kier alpha value is -1.20. The van der Waals surface area contributed by atoms with E-state index in [1.54, 1.807) is 13.3 Å². The first-order valence-corrected chi connectivity index (χ1v) is 10.5. The molecule has 2 heterocycles. The molecule has 1 saturated heterocycles. The van der Waals surface area contributed by atoms with Crippen molar-refractivity contribution in [1.29, 1.82) is 0 Å². The van der Waals surface area contributed by atoms with Crippen molar-refractivity contribution >= 4 is 40.6 Å². The summed E-state index contributed by atoms with van der Waals surface area (Å²) in [4.78, 5) is 2.25. The second kappa shape index (κ2) is 6.36. The van der Waals surface area contributed by atoms with E-state index in [9.17, 15) is 4.57 Å². The Morgan fingerprint density at radius 1 is 1.35 bits per heavy atom. The Bertz CT molecular complexity index is 778. The molecule has 0 saturated carbocycles. The highest BCUT2D eigenvalue weighted by atomic mass is 35.5. The van der Waals surface area contributed by atoms with E-state index in [1.807, 2.05) is 18.2 Å². The molecular formula is C15H21ClN5OP. The van der Waals surface area contributed by atoms with Crippen LogP contribution in [-0.2, 0) is 4.57 Å². The number of piperazine rings is 1. The largest absolute Gasteiger partial charge is 0.352 e. The molecule has 2 aromatic rings. The number of nitrogens with zero attached hydrogens (tertiary/aromatic N) is 3. The number of anilines is 1. The summed E-state index contributed by atoms with van der Waals surface area (Å²) < 4.78 is 12.4. The Balaban J connectivity index is 2.02. The van der Waals surface area contributed by atoms with Gasteiger partial charge in [-0.2, -0.15) is 0 Å². The SMILES string of the molecule is CN1CCN[C@H](Nc2nnc(Cl)c3ccc(P(C)(C)=O)cc23)C1. The molecule has 1 aromatic heterocycles. The molecule has 2 N–H and O–H groups in total. The first kappa shape index (κ1) is 16.7. The summed E-state index contributed by atoms with van der Waals surface area (Å²) >= 11 is 6.17. The van der Waals surface area contributed by atoms with E-state index < -0.39 is 7.14 Å². The number of benzene rings is 1. The van der Waals surface area contributed by atoms with E-state index in [-0.39, 0.29) is 6.17 Å². The molecule has 0 bridgehead atoms. The molecule has 1 fully saturated rings. The molecule has 23 heavy (non-hydrogen) atoms. The van der Waals surface area contributed by atoms with Gasteiger partial charge in [-0.1, -0.05) is 23.7 Å². The summed E-state index contributed by atoms with van der Waals surface area (Å²) in [5.74, 6) is 0.660. The maximum Gasteiger partial charge on any atom is 0.159 e. The monoisotopic (exact) mass is 353 g/mol. The van der Waals surface area contributed by atoms with Crippen LogP contribution in [0.1, 0.15) is 0 Å². The van der Waals surface area contributed by atoms with Gasteiger partial charge in [-0.05, 0) is 26.4 Å². The Morgan fingerprint density at radius 3 is 2.83 bits per heavy atom. The van der Waals surface area contributed by atoms with Gasteiger partial charge in [0.05, 0.1) is 6.17 Å². The predicted octanol–water partition coefficient (Wildman–Crippen LogP) is 1.80. The van der Waals surface area contributed by atoms with E-state index in [4.69, 9.17) is 11.6 Å². The zero-order valence-corrected chi connectivity index (χ0v) is 15.2. The minimum Gasteiger partial charge on any atom is -0.352 e. The Morgan fingerprint density at radius 2 is 2.13 bits per heavy atom. The molecule has 1 atom stereocenters. The van der Waals surface area contributed by atoms with Gasteiger partial charge in [0, 0.05) is 35.7 Å². The van der Waals surface area contributed by atoms with Crippen LogP contribution in [-0.4, -0.2) is 61.3 Å². The Kier molecular flexibility index (Phi) is 4.61. The van der Waals surface area contributed by atoms with Crippen molar-refractivity contribution in [3.8, 4) is 0 Å². The molecule has 8 heteroatoms. The van der Waals surface area contributed by atoms with E-state index in [2.05, 4.69) is 32.8 Å². The smallest absolute Gasteiger partial charge is 0.159 e. The van der Waals surface area contributed by atoms with Crippen LogP contribution in [0, 0.1) is 0 Å². The fourth-order valence-electron chi connectivity index (χ4n) is 2.71. The van der Waals surface area contributed by atoms with Gasteiger partial charge in [0.1, 0.15) is 7.14 Å². The quantitative estimate of drug-likeness (QED) is 0.820. The first-order valence-electron chi connectivity index (χ1n) is 7.54. The lowest BCUT2D eigenvalue weighted by Crippen LogP contribution is -2.52. The first-order chi connectivity index (χ1) is 10.8. The van der Waals surface area contributed by atoms with Gasteiger partial charge in [-0.3, -0.25) is 5.32 Å². The van der Waals surface area contributed by atoms with E-state index >= 15 is 0 Å². The van der Waals surface area contributed by atoms with Gasteiger partial charge in [0.15, 0.2) is 11.0 Å². The topological polar surface area (TPSA) is 70.2 Å². The number of hydrogen-bond donors (Lipinski definition) is 2. The van der Waals surface area contributed by atoms with Crippen LogP contribution in [0.2, 0.25) is 5.15 Å². The van der Waals surface area contributed by atoms with Gasteiger partial charge >= 0.3 is 0 Å². The molecule has 0 amide bonds. The molecule has 3 rings (SSSR count). The molecular weight excluding hydrogens is 333 g/mol. The van der Waals surface area contributed by atoms with Crippen LogP contribution >= 0.6 is 18.7 Å². The lowest BCUT2D eigenvalue weighted by Gasteiger charge is -2.31. The normalized spacial score (nSPS) is 19.9. The van der Waals surface area contributed by atoms with E-state index in [0.29, 0.717) is 11.0 Å². The van der Waals surface area contributed by atoms with Crippen molar-refractivity contribution in [3.63, 3.8) is 0 Å². The highest BCUT2D eigenvalue weighted by molar-refractivity contribution is 7.70. The minimum absolute atomic E-state index is 0.0890. The third kappa shape index (κ3) is 3.66. The summed E-state index contributed by atoms with van der Waals surface area (Å²) in [7, 11) is -0.266. The maximum atomic E-state index is 12.4. The fourth-order valence-corrected chi connectivity index (χ4v) is 3.79. The number of rotatable bonds is 3. The van der Waals surface area contributed by atoms with Crippen LogP contribution in [0.3, 0.4) is 0 Å². The third-order valence-corrected chi connectivity index (χ3v) is 5.83. The molecule has 0 radical (unpaired) electrons. The molecule has 1 aliphatic heterocycles. The highest BCUT2D eigenvalue weighted by Crippen LogP contribution is 2.37. The number of aromatic nitrogens is 2. The average molecular weight is 354 g/mol. The molecule has 1 aliphatic rings. The summed E-state index contributed by atoms with van der Waals surface area (Å²) in [6, 6.07) is 5.63. The summed E-state index contributed by atoms with van der Waals surface area (Å²) in [5, 5.41) is 17.9. The number of halogens is 1. The second-order valence-electron chi connectivity index (χ2n) is 6.33.